The van der Waals surface area contributed by atoms with E-state index in [0.717, 1.165) is 19.3 Å². The number of carbonyl (C=O) groups excluding carboxylic acids is 2. The SMILES string of the molecule is CC1(C)CCCC(NC(=O)NC(=O)CCCl)C1. The minimum absolute atomic E-state index is 0.169. The van der Waals surface area contributed by atoms with E-state index in [-0.39, 0.29) is 29.7 Å². The summed E-state index contributed by atoms with van der Waals surface area (Å²) in [6, 6.07) is -0.231. The van der Waals surface area contributed by atoms with Crippen molar-refractivity contribution in [2.45, 2.75) is 52.0 Å². The molecule has 0 aromatic carbocycles. The molecule has 0 aliphatic heterocycles. The fourth-order valence-corrected chi connectivity index (χ4v) is 2.49. The van der Waals surface area contributed by atoms with E-state index < -0.39 is 6.03 Å². The summed E-state index contributed by atoms with van der Waals surface area (Å²) in [4.78, 5) is 22.7. The summed E-state index contributed by atoms with van der Waals surface area (Å²) in [5, 5.41) is 5.13. The number of halogens is 1. The molecule has 4 nitrogen and oxygen atoms in total. The fraction of sp³-hybridized carbons (Fsp3) is 0.833. The molecule has 0 bridgehead atoms. The van der Waals surface area contributed by atoms with Gasteiger partial charge >= 0.3 is 6.03 Å². The molecule has 0 heterocycles. The third kappa shape index (κ3) is 5.39. The predicted octanol–water partition coefficient (Wildman–Crippen LogP) is 2.41. The first-order valence-electron chi connectivity index (χ1n) is 6.09. The summed E-state index contributed by atoms with van der Waals surface area (Å²) >= 11 is 5.42. The molecule has 5 heteroatoms. The average Bonchev–Trinajstić information content (AvgIpc) is 2.15. The molecule has 1 unspecified atom stereocenters. The van der Waals surface area contributed by atoms with Crippen LogP contribution in [-0.2, 0) is 4.79 Å². The topological polar surface area (TPSA) is 58.2 Å². The second-order valence-corrected chi connectivity index (χ2v) is 5.80. The summed E-state index contributed by atoms with van der Waals surface area (Å²) in [5.41, 5.74) is 0.274. The maximum atomic E-state index is 11.5. The Labute approximate surface area is 107 Å². The molecule has 1 atom stereocenters. The van der Waals surface area contributed by atoms with Gasteiger partial charge in [-0.1, -0.05) is 20.3 Å². The van der Waals surface area contributed by atoms with Gasteiger partial charge in [0.05, 0.1) is 0 Å². The highest BCUT2D eigenvalue weighted by Crippen LogP contribution is 2.34. The summed E-state index contributed by atoms with van der Waals surface area (Å²) in [6.07, 6.45) is 4.43. The van der Waals surface area contributed by atoms with Crippen molar-refractivity contribution in [3.05, 3.63) is 0 Å². The van der Waals surface area contributed by atoms with Gasteiger partial charge in [-0.3, -0.25) is 10.1 Å². The first kappa shape index (κ1) is 14.3. The summed E-state index contributed by atoms with van der Waals surface area (Å²) in [6.45, 7) is 4.41. The zero-order valence-corrected chi connectivity index (χ0v) is 11.3. The van der Waals surface area contributed by atoms with Crippen molar-refractivity contribution >= 4 is 23.5 Å². The Hall–Kier alpha value is -0.770. The number of amides is 3. The van der Waals surface area contributed by atoms with Crippen molar-refractivity contribution in [3.63, 3.8) is 0 Å². The predicted molar refractivity (Wildman–Crippen MR) is 68.0 cm³/mol. The van der Waals surface area contributed by atoms with E-state index in [2.05, 4.69) is 24.5 Å². The Balaban J connectivity index is 2.33. The van der Waals surface area contributed by atoms with Crippen LogP contribution in [0, 0.1) is 5.41 Å². The lowest BCUT2D eigenvalue weighted by atomic mass is 9.75. The molecule has 1 aliphatic rings. The number of carbonyl (C=O) groups is 2. The molecule has 98 valence electrons. The van der Waals surface area contributed by atoms with Crippen molar-refractivity contribution in [3.8, 4) is 0 Å². The number of alkyl halides is 1. The molecule has 2 N–H and O–H groups in total. The first-order chi connectivity index (χ1) is 7.93. The van der Waals surface area contributed by atoms with Gasteiger partial charge in [-0.2, -0.15) is 0 Å². The van der Waals surface area contributed by atoms with Crippen LogP contribution >= 0.6 is 11.6 Å². The molecule has 3 amide bonds. The highest BCUT2D eigenvalue weighted by Gasteiger charge is 2.28. The molecule has 0 spiro atoms. The maximum Gasteiger partial charge on any atom is 0.321 e. The minimum atomic E-state index is -0.400. The van der Waals surface area contributed by atoms with Gasteiger partial charge in [0.2, 0.25) is 5.91 Å². The van der Waals surface area contributed by atoms with Crippen molar-refractivity contribution in [1.29, 1.82) is 0 Å². The largest absolute Gasteiger partial charge is 0.335 e. The van der Waals surface area contributed by atoms with Crippen LogP contribution in [-0.4, -0.2) is 23.9 Å². The average molecular weight is 261 g/mol. The third-order valence-corrected chi connectivity index (χ3v) is 3.30. The third-order valence-electron chi connectivity index (χ3n) is 3.11. The Kier molecular flexibility index (Phi) is 5.25. The fourth-order valence-electron chi connectivity index (χ4n) is 2.32. The molecule has 0 saturated heterocycles. The number of hydrogen-bond acceptors (Lipinski definition) is 2. The maximum absolute atomic E-state index is 11.5. The zero-order chi connectivity index (χ0) is 12.9. The smallest absolute Gasteiger partial charge is 0.321 e. The van der Waals surface area contributed by atoms with Crippen molar-refractivity contribution in [1.82, 2.24) is 10.6 Å². The van der Waals surface area contributed by atoms with E-state index in [1.165, 1.54) is 6.42 Å². The van der Waals surface area contributed by atoms with Crippen LogP contribution in [0.4, 0.5) is 4.79 Å². The van der Waals surface area contributed by atoms with Crippen LogP contribution in [0.25, 0.3) is 0 Å². The van der Waals surface area contributed by atoms with Crippen molar-refractivity contribution in [2.75, 3.05) is 5.88 Å². The number of urea groups is 1. The van der Waals surface area contributed by atoms with Crippen molar-refractivity contribution < 1.29 is 9.59 Å². The number of hydrogen-bond donors (Lipinski definition) is 2. The van der Waals surface area contributed by atoms with E-state index in [0.29, 0.717) is 0 Å². The molecule has 17 heavy (non-hydrogen) atoms. The summed E-state index contributed by atoms with van der Waals surface area (Å²) in [5.74, 6) is -0.0946. The van der Waals surface area contributed by atoms with Crippen LogP contribution in [0.15, 0.2) is 0 Å². The second-order valence-electron chi connectivity index (χ2n) is 5.42. The Morgan fingerprint density at radius 1 is 1.41 bits per heavy atom. The molecule has 0 radical (unpaired) electrons. The van der Waals surface area contributed by atoms with Crippen LogP contribution in [0.3, 0.4) is 0 Å². The highest BCUT2D eigenvalue weighted by molar-refractivity contribution is 6.19. The van der Waals surface area contributed by atoms with Gasteiger partial charge < -0.3 is 5.32 Å². The molecular weight excluding hydrogens is 240 g/mol. The Morgan fingerprint density at radius 2 is 2.12 bits per heavy atom. The Bertz CT molecular complexity index is 292. The van der Waals surface area contributed by atoms with E-state index in [9.17, 15) is 9.59 Å². The van der Waals surface area contributed by atoms with Gasteiger partial charge in [0.15, 0.2) is 0 Å². The lowest BCUT2D eigenvalue weighted by Crippen LogP contribution is -2.47. The Morgan fingerprint density at radius 3 is 2.71 bits per heavy atom. The monoisotopic (exact) mass is 260 g/mol. The van der Waals surface area contributed by atoms with E-state index in [4.69, 9.17) is 11.6 Å². The lowest BCUT2D eigenvalue weighted by molar-refractivity contribution is -0.119. The molecule has 1 fully saturated rings. The van der Waals surface area contributed by atoms with Gasteiger partial charge in [-0.05, 0) is 24.7 Å². The van der Waals surface area contributed by atoms with E-state index >= 15 is 0 Å². The van der Waals surface area contributed by atoms with Crippen LogP contribution in [0.1, 0.15) is 46.0 Å². The molecule has 0 aromatic rings. The highest BCUT2D eigenvalue weighted by atomic mass is 35.5. The molecular formula is C12H21ClN2O2. The summed E-state index contributed by atoms with van der Waals surface area (Å²) < 4.78 is 0. The van der Waals surface area contributed by atoms with Gasteiger partial charge in [-0.15, -0.1) is 11.6 Å². The lowest BCUT2D eigenvalue weighted by Gasteiger charge is -2.35. The zero-order valence-electron chi connectivity index (χ0n) is 10.5. The van der Waals surface area contributed by atoms with Crippen LogP contribution in [0.2, 0.25) is 0 Å². The number of rotatable bonds is 3. The van der Waals surface area contributed by atoms with E-state index in [1.807, 2.05) is 0 Å². The molecule has 0 aromatic heterocycles. The molecule has 1 saturated carbocycles. The minimum Gasteiger partial charge on any atom is -0.335 e. The number of nitrogens with one attached hydrogen (secondary N) is 2. The van der Waals surface area contributed by atoms with Gasteiger partial charge in [0.25, 0.3) is 0 Å². The van der Waals surface area contributed by atoms with Crippen LogP contribution < -0.4 is 10.6 Å². The second kappa shape index (κ2) is 6.24. The molecule has 1 rings (SSSR count). The first-order valence-corrected chi connectivity index (χ1v) is 6.63. The van der Waals surface area contributed by atoms with Gasteiger partial charge in [0.1, 0.15) is 0 Å². The van der Waals surface area contributed by atoms with Crippen molar-refractivity contribution in [2.24, 2.45) is 5.41 Å². The molecule has 1 aliphatic carbocycles. The normalized spacial score (nSPS) is 22.9. The summed E-state index contributed by atoms with van der Waals surface area (Å²) in [7, 11) is 0. The van der Waals surface area contributed by atoms with Gasteiger partial charge in [-0.25, -0.2) is 4.79 Å². The quantitative estimate of drug-likeness (QED) is 0.766. The number of imide groups is 1. The standard InChI is InChI=1S/C12H21ClN2O2/c1-12(2)6-3-4-9(8-12)14-11(17)15-10(16)5-7-13/h9H,3-8H2,1-2H3,(H2,14,15,16,17). The van der Waals surface area contributed by atoms with Crippen LogP contribution in [0.5, 0.6) is 0 Å². The van der Waals surface area contributed by atoms with Gasteiger partial charge in [0, 0.05) is 18.3 Å². The van der Waals surface area contributed by atoms with E-state index in [1.54, 1.807) is 0 Å².